The summed E-state index contributed by atoms with van der Waals surface area (Å²) in [6, 6.07) is 6.66. The summed E-state index contributed by atoms with van der Waals surface area (Å²) in [7, 11) is 0. The van der Waals surface area contributed by atoms with Gasteiger partial charge in [0.25, 0.3) is 0 Å². The quantitative estimate of drug-likeness (QED) is 0.474. The van der Waals surface area contributed by atoms with Crippen molar-refractivity contribution in [2.45, 2.75) is 47.0 Å². The highest BCUT2D eigenvalue weighted by Gasteiger charge is 2.23. The van der Waals surface area contributed by atoms with Crippen LogP contribution in [0, 0.1) is 18.2 Å². The van der Waals surface area contributed by atoms with Crippen LogP contribution in [0.5, 0.6) is 5.75 Å². The predicted molar refractivity (Wildman–Crippen MR) is 123 cm³/mol. The van der Waals surface area contributed by atoms with Crippen molar-refractivity contribution in [2.75, 3.05) is 19.7 Å². The molecule has 0 radical (unpaired) electrons. The van der Waals surface area contributed by atoms with Crippen LogP contribution in [0.25, 0.3) is 16.9 Å². The molecule has 0 bridgehead atoms. The third kappa shape index (κ3) is 4.59. The van der Waals surface area contributed by atoms with Crippen LogP contribution >= 0.6 is 0 Å². The van der Waals surface area contributed by atoms with Crippen LogP contribution in [0.2, 0.25) is 0 Å². The molecule has 0 aliphatic rings. The number of terminal acetylenes is 1. The number of ether oxygens (including phenoxy) is 1. The van der Waals surface area contributed by atoms with E-state index in [0.29, 0.717) is 35.6 Å². The second-order valence-electron chi connectivity index (χ2n) is 7.39. The Morgan fingerprint density at radius 2 is 1.94 bits per heavy atom. The van der Waals surface area contributed by atoms with Gasteiger partial charge >= 0.3 is 0 Å². The molecule has 0 aliphatic carbocycles. The van der Waals surface area contributed by atoms with Gasteiger partial charge in [-0.3, -0.25) is 4.79 Å². The number of aromatic nitrogens is 3. The van der Waals surface area contributed by atoms with Gasteiger partial charge < -0.3 is 9.64 Å². The van der Waals surface area contributed by atoms with Crippen LogP contribution in [-0.2, 0) is 24.1 Å². The number of benzene rings is 1. The second kappa shape index (κ2) is 10.3. The smallest absolute Gasteiger partial charge is 0.227 e. The van der Waals surface area contributed by atoms with Gasteiger partial charge in [0.15, 0.2) is 17.2 Å². The topological polar surface area (TPSA) is 59.7 Å². The summed E-state index contributed by atoms with van der Waals surface area (Å²) in [4.78, 5) is 19.6. The molecule has 3 rings (SSSR count). The van der Waals surface area contributed by atoms with Crippen molar-refractivity contribution >= 4 is 11.6 Å². The average Bonchev–Trinajstić information content (AvgIpc) is 3.16. The average molecular weight is 437 g/mol. The maximum atomic E-state index is 14.7. The minimum Gasteiger partial charge on any atom is -0.478 e. The van der Waals surface area contributed by atoms with Gasteiger partial charge in [-0.2, -0.15) is 5.10 Å². The first-order chi connectivity index (χ1) is 15.5. The van der Waals surface area contributed by atoms with E-state index in [1.807, 2.05) is 33.8 Å². The number of nitrogens with zero attached hydrogens (tertiary/aromatic N) is 4. The molecule has 3 aromatic rings. The molecule has 0 fully saturated rings. The van der Waals surface area contributed by atoms with Crippen LogP contribution in [0.1, 0.15) is 44.6 Å². The molecule has 0 N–H and O–H groups in total. The summed E-state index contributed by atoms with van der Waals surface area (Å²) >= 11 is 0. The lowest BCUT2D eigenvalue weighted by atomic mass is 10.0. The van der Waals surface area contributed by atoms with E-state index in [9.17, 15) is 9.18 Å². The fourth-order valence-corrected chi connectivity index (χ4v) is 3.73. The highest BCUT2D eigenvalue weighted by Crippen LogP contribution is 2.30. The monoisotopic (exact) mass is 436 g/mol. The Morgan fingerprint density at radius 1 is 1.19 bits per heavy atom. The number of likely N-dealkylation sites (N-methyl/N-ethyl adjacent to an activating group) is 1. The molecular formula is C25H29FN4O2. The molecule has 2 aromatic heterocycles. The molecule has 0 unspecified atom stereocenters. The minimum atomic E-state index is -0.534. The molecule has 1 aromatic carbocycles. The Labute approximate surface area is 188 Å². The van der Waals surface area contributed by atoms with Gasteiger partial charge in [-0.1, -0.05) is 19.8 Å². The molecule has 0 saturated heterocycles. The van der Waals surface area contributed by atoms with Gasteiger partial charge in [-0.15, -0.1) is 6.42 Å². The Bertz CT molecular complexity index is 1160. The number of aryl methyl sites for hydroxylation is 2. The van der Waals surface area contributed by atoms with Crippen LogP contribution in [0.3, 0.4) is 0 Å². The number of amides is 1. The molecule has 0 saturated carbocycles. The van der Waals surface area contributed by atoms with E-state index < -0.39 is 5.82 Å². The summed E-state index contributed by atoms with van der Waals surface area (Å²) in [5, 5.41) is 4.77. The van der Waals surface area contributed by atoms with Gasteiger partial charge in [0, 0.05) is 35.6 Å². The molecular weight excluding hydrogens is 407 g/mol. The molecule has 7 heteroatoms. The maximum Gasteiger partial charge on any atom is 0.227 e. The van der Waals surface area contributed by atoms with Crippen LogP contribution < -0.4 is 4.74 Å². The lowest BCUT2D eigenvalue weighted by Crippen LogP contribution is -2.31. The largest absolute Gasteiger partial charge is 0.478 e. The number of fused-ring (bicyclic) bond motifs is 1. The Kier molecular flexibility index (Phi) is 7.47. The first kappa shape index (κ1) is 23.3. The molecule has 1 amide bonds. The van der Waals surface area contributed by atoms with E-state index in [4.69, 9.17) is 21.2 Å². The SMILES string of the molecule is C#CCOc1ccc(-c2nn3c(CC)cc(CC)nc3c2CC(=O)N(CC)CC)cc1F. The summed E-state index contributed by atoms with van der Waals surface area (Å²) in [5.74, 6) is 1.86. The van der Waals surface area contributed by atoms with Crippen molar-refractivity contribution in [1.82, 2.24) is 19.5 Å². The van der Waals surface area contributed by atoms with E-state index in [0.717, 1.165) is 24.2 Å². The van der Waals surface area contributed by atoms with Crippen LogP contribution in [-0.4, -0.2) is 45.1 Å². The Balaban J connectivity index is 2.19. The lowest BCUT2D eigenvalue weighted by Gasteiger charge is -2.18. The van der Waals surface area contributed by atoms with Crippen LogP contribution in [0.4, 0.5) is 4.39 Å². The second-order valence-corrected chi connectivity index (χ2v) is 7.39. The fourth-order valence-electron chi connectivity index (χ4n) is 3.73. The molecule has 0 spiro atoms. The first-order valence-corrected chi connectivity index (χ1v) is 11.0. The van der Waals surface area contributed by atoms with E-state index in [1.54, 1.807) is 15.5 Å². The third-order valence-electron chi connectivity index (χ3n) is 5.50. The zero-order valence-electron chi connectivity index (χ0n) is 19.1. The van der Waals surface area contributed by atoms with Crippen molar-refractivity contribution in [3.63, 3.8) is 0 Å². The van der Waals surface area contributed by atoms with Gasteiger partial charge in [0.2, 0.25) is 5.91 Å². The molecule has 0 aliphatic heterocycles. The van der Waals surface area contributed by atoms with Gasteiger partial charge in [0.05, 0.1) is 12.1 Å². The highest BCUT2D eigenvalue weighted by atomic mass is 19.1. The van der Waals surface area contributed by atoms with Gasteiger partial charge in [-0.25, -0.2) is 13.9 Å². The summed E-state index contributed by atoms with van der Waals surface area (Å²) in [6.07, 6.45) is 6.86. The number of rotatable bonds is 9. The standard InChI is InChI=1S/C25H29FN4O2/c1-6-13-32-22-12-11-17(14-21(22)26)24-20(16-23(31)29(9-4)10-5)25-27-18(7-2)15-19(8-3)30(25)28-24/h1,11-12,14-15H,7-10,13,16H2,2-5H3. The number of halogens is 1. The highest BCUT2D eigenvalue weighted by molar-refractivity contribution is 5.84. The predicted octanol–water partition coefficient (Wildman–Crippen LogP) is 4.08. The fraction of sp³-hybridized carbons (Fsp3) is 0.400. The number of hydrogen-bond donors (Lipinski definition) is 0. The van der Waals surface area contributed by atoms with E-state index in [2.05, 4.69) is 5.92 Å². The summed E-state index contributed by atoms with van der Waals surface area (Å²) in [5.41, 5.74) is 4.37. The molecule has 32 heavy (non-hydrogen) atoms. The summed E-state index contributed by atoms with van der Waals surface area (Å²) in [6.45, 7) is 9.21. The number of hydrogen-bond acceptors (Lipinski definition) is 4. The van der Waals surface area contributed by atoms with Crippen molar-refractivity contribution in [1.29, 1.82) is 0 Å². The van der Waals surface area contributed by atoms with E-state index in [-0.39, 0.29) is 24.7 Å². The Hall–Kier alpha value is -3.40. The lowest BCUT2D eigenvalue weighted by molar-refractivity contribution is -0.130. The van der Waals surface area contributed by atoms with E-state index >= 15 is 0 Å². The van der Waals surface area contributed by atoms with Crippen molar-refractivity contribution in [2.24, 2.45) is 0 Å². The zero-order valence-corrected chi connectivity index (χ0v) is 19.1. The van der Waals surface area contributed by atoms with Gasteiger partial charge in [0.1, 0.15) is 6.61 Å². The molecule has 6 nitrogen and oxygen atoms in total. The number of carbonyl (C=O) groups is 1. The number of carbonyl (C=O) groups excluding carboxylic acids is 1. The zero-order chi connectivity index (χ0) is 23.3. The molecule has 2 heterocycles. The van der Waals surface area contributed by atoms with E-state index in [1.165, 1.54) is 12.1 Å². The normalized spacial score (nSPS) is 10.9. The third-order valence-corrected chi connectivity index (χ3v) is 5.50. The Morgan fingerprint density at radius 3 is 2.53 bits per heavy atom. The maximum absolute atomic E-state index is 14.7. The molecule has 0 atom stereocenters. The summed E-state index contributed by atoms with van der Waals surface area (Å²) < 4.78 is 21.7. The van der Waals surface area contributed by atoms with Crippen molar-refractivity contribution in [3.05, 3.63) is 47.0 Å². The van der Waals surface area contributed by atoms with Crippen LogP contribution in [0.15, 0.2) is 24.3 Å². The molecule has 168 valence electrons. The first-order valence-electron chi connectivity index (χ1n) is 11.0. The minimum absolute atomic E-state index is 0.0117. The van der Waals surface area contributed by atoms with Gasteiger partial charge in [-0.05, 0) is 51.0 Å². The van der Waals surface area contributed by atoms with Crippen molar-refractivity contribution in [3.8, 4) is 29.4 Å². The van der Waals surface area contributed by atoms with Crippen molar-refractivity contribution < 1.29 is 13.9 Å².